The summed E-state index contributed by atoms with van der Waals surface area (Å²) >= 11 is 0. The average Bonchev–Trinajstić information content (AvgIpc) is 3.37. The van der Waals surface area contributed by atoms with Crippen LogP contribution in [-0.4, -0.2) is 23.3 Å². The molecule has 4 rings (SSSR count). The van der Waals surface area contributed by atoms with E-state index >= 15 is 0 Å². The van der Waals surface area contributed by atoms with Gasteiger partial charge in [-0.1, -0.05) is 44.2 Å². The summed E-state index contributed by atoms with van der Waals surface area (Å²) in [5.41, 5.74) is 2.99. The van der Waals surface area contributed by atoms with Gasteiger partial charge in [0.25, 0.3) is 11.8 Å². The molecule has 1 N–H and O–H groups in total. The van der Waals surface area contributed by atoms with Crippen molar-refractivity contribution in [2.75, 3.05) is 11.9 Å². The molecule has 2 heterocycles. The first-order chi connectivity index (χ1) is 15.4. The van der Waals surface area contributed by atoms with Gasteiger partial charge < -0.3 is 14.5 Å². The molecule has 0 saturated carbocycles. The smallest absolute Gasteiger partial charge is 0.278 e. The predicted octanol–water partition coefficient (Wildman–Crippen LogP) is 5.02. The van der Waals surface area contributed by atoms with Crippen molar-refractivity contribution in [1.29, 1.82) is 0 Å². The molecule has 0 bridgehead atoms. The SMILES string of the molecule is Cc1ccccc1NC1=C(c2ccc(OCC(C)C)cc2)C(=O)N(Cc2ccco2)C1=O. The Kier molecular flexibility index (Phi) is 6.12. The molecule has 164 valence electrons. The molecule has 0 radical (unpaired) electrons. The minimum absolute atomic E-state index is 0.0721. The second-order valence-electron chi connectivity index (χ2n) is 8.19. The molecule has 3 aromatic rings. The number of ether oxygens (including phenoxy) is 1. The van der Waals surface area contributed by atoms with E-state index < -0.39 is 0 Å². The van der Waals surface area contributed by atoms with Crippen LogP contribution in [0.5, 0.6) is 5.75 Å². The summed E-state index contributed by atoms with van der Waals surface area (Å²) in [6.07, 6.45) is 1.52. The Bertz CT molecular complexity index is 1140. The van der Waals surface area contributed by atoms with Gasteiger partial charge in [0.05, 0.1) is 25.0 Å². The summed E-state index contributed by atoms with van der Waals surface area (Å²) in [5.74, 6) is 0.927. The number of hydrogen-bond donors (Lipinski definition) is 1. The van der Waals surface area contributed by atoms with Crippen LogP contribution in [0.25, 0.3) is 5.57 Å². The zero-order valence-corrected chi connectivity index (χ0v) is 18.4. The van der Waals surface area contributed by atoms with Gasteiger partial charge in [0.15, 0.2) is 0 Å². The highest BCUT2D eigenvalue weighted by molar-refractivity contribution is 6.36. The van der Waals surface area contributed by atoms with Gasteiger partial charge in [-0.3, -0.25) is 14.5 Å². The van der Waals surface area contributed by atoms with Crippen molar-refractivity contribution in [1.82, 2.24) is 4.90 Å². The van der Waals surface area contributed by atoms with Gasteiger partial charge in [-0.15, -0.1) is 0 Å². The van der Waals surface area contributed by atoms with Crippen LogP contribution in [0.4, 0.5) is 5.69 Å². The molecule has 1 aliphatic heterocycles. The number of rotatable bonds is 8. The summed E-state index contributed by atoms with van der Waals surface area (Å²) in [6, 6.07) is 18.4. The van der Waals surface area contributed by atoms with E-state index in [-0.39, 0.29) is 24.1 Å². The number of carbonyl (C=O) groups excluding carboxylic acids is 2. The molecule has 0 aliphatic carbocycles. The highest BCUT2D eigenvalue weighted by Gasteiger charge is 2.39. The zero-order chi connectivity index (χ0) is 22.7. The molecule has 1 aliphatic rings. The Morgan fingerprint density at radius 1 is 0.969 bits per heavy atom. The van der Waals surface area contributed by atoms with E-state index in [1.54, 1.807) is 12.1 Å². The maximum atomic E-state index is 13.4. The number of nitrogens with zero attached hydrogens (tertiary/aromatic N) is 1. The number of anilines is 1. The number of nitrogens with one attached hydrogen (secondary N) is 1. The summed E-state index contributed by atoms with van der Waals surface area (Å²) in [7, 11) is 0. The van der Waals surface area contributed by atoms with Gasteiger partial charge in [0, 0.05) is 5.69 Å². The maximum absolute atomic E-state index is 13.4. The molecule has 0 atom stereocenters. The monoisotopic (exact) mass is 430 g/mol. The van der Waals surface area contributed by atoms with E-state index in [0.717, 1.165) is 17.0 Å². The lowest BCUT2D eigenvalue weighted by atomic mass is 10.0. The van der Waals surface area contributed by atoms with Crippen molar-refractivity contribution in [3.8, 4) is 5.75 Å². The fourth-order valence-corrected chi connectivity index (χ4v) is 3.49. The highest BCUT2D eigenvalue weighted by atomic mass is 16.5. The standard InChI is InChI=1S/C26H26N2O4/c1-17(2)16-32-20-12-10-19(11-13-20)23-24(27-22-9-5-4-7-18(22)3)26(30)28(25(23)29)15-21-8-6-14-31-21/h4-14,17,27H,15-16H2,1-3H3. The number of hydrogen-bond acceptors (Lipinski definition) is 5. The van der Waals surface area contributed by atoms with Crippen molar-refractivity contribution >= 4 is 23.1 Å². The fraction of sp³-hybridized carbons (Fsp3) is 0.231. The molecule has 0 saturated heterocycles. The zero-order valence-electron chi connectivity index (χ0n) is 18.4. The number of imide groups is 1. The molecule has 32 heavy (non-hydrogen) atoms. The number of para-hydroxylation sites is 1. The number of benzene rings is 2. The lowest BCUT2D eigenvalue weighted by molar-refractivity contribution is -0.137. The first-order valence-electron chi connectivity index (χ1n) is 10.6. The number of carbonyl (C=O) groups is 2. The van der Waals surface area contributed by atoms with Crippen LogP contribution in [0.15, 0.2) is 77.0 Å². The molecule has 6 heteroatoms. The van der Waals surface area contributed by atoms with Crippen LogP contribution in [0.3, 0.4) is 0 Å². The molecule has 1 aromatic heterocycles. The summed E-state index contributed by atoms with van der Waals surface area (Å²) in [6.45, 7) is 6.79. The Balaban J connectivity index is 1.69. The minimum Gasteiger partial charge on any atom is -0.493 e. The van der Waals surface area contributed by atoms with Gasteiger partial charge in [0.1, 0.15) is 17.2 Å². The number of furan rings is 1. The second kappa shape index (κ2) is 9.14. The molecular weight excluding hydrogens is 404 g/mol. The molecular formula is C26H26N2O4. The van der Waals surface area contributed by atoms with E-state index in [1.807, 2.05) is 55.5 Å². The summed E-state index contributed by atoms with van der Waals surface area (Å²) in [4.78, 5) is 27.9. The van der Waals surface area contributed by atoms with Gasteiger partial charge in [-0.2, -0.15) is 0 Å². The molecule has 2 aromatic carbocycles. The first-order valence-corrected chi connectivity index (χ1v) is 10.6. The van der Waals surface area contributed by atoms with Gasteiger partial charge in [0.2, 0.25) is 0 Å². The van der Waals surface area contributed by atoms with Crippen LogP contribution in [0, 0.1) is 12.8 Å². The van der Waals surface area contributed by atoms with Crippen molar-refractivity contribution < 1.29 is 18.7 Å². The van der Waals surface area contributed by atoms with Crippen LogP contribution >= 0.6 is 0 Å². The van der Waals surface area contributed by atoms with E-state index in [4.69, 9.17) is 9.15 Å². The predicted molar refractivity (Wildman–Crippen MR) is 123 cm³/mol. The highest BCUT2D eigenvalue weighted by Crippen LogP contribution is 2.33. The fourth-order valence-electron chi connectivity index (χ4n) is 3.49. The van der Waals surface area contributed by atoms with E-state index in [9.17, 15) is 9.59 Å². The Hall–Kier alpha value is -3.80. The molecule has 0 fully saturated rings. The largest absolute Gasteiger partial charge is 0.493 e. The lowest BCUT2D eigenvalue weighted by Crippen LogP contribution is -2.31. The van der Waals surface area contributed by atoms with E-state index in [2.05, 4.69) is 19.2 Å². The van der Waals surface area contributed by atoms with Crippen molar-refractivity contribution in [3.63, 3.8) is 0 Å². The maximum Gasteiger partial charge on any atom is 0.278 e. The topological polar surface area (TPSA) is 71.8 Å². The van der Waals surface area contributed by atoms with Crippen molar-refractivity contribution in [2.45, 2.75) is 27.3 Å². The third kappa shape index (κ3) is 4.44. The van der Waals surface area contributed by atoms with Crippen LogP contribution < -0.4 is 10.1 Å². The summed E-state index contributed by atoms with van der Waals surface area (Å²) in [5, 5.41) is 3.21. The third-order valence-corrected chi connectivity index (χ3v) is 5.19. The third-order valence-electron chi connectivity index (χ3n) is 5.19. The van der Waals surface area contributed by atoms with Crippen LogP contribution in [0.2, 0.25) is 0 Å². The Labute approximate surface area is 187 Å². The molecule has 0 spiro atoms. The van der Waals surface area contributed by atoms with E-state index in [0.29, 0.717) is 29.4 Å². The van der Waals surface area contributed by atoms with Gasteiger partial charge in [-0.25, -0.2) is 0 Å². The molecule has 0 unspecified atom stereocenters. The average molecular weight is 431 g/mol. The van der Waals surface area contributed by atoms with Gasteiger partial charge >= 0.3 is 0 Å². The van der Waals surface area contributed by atoms with Crippen molar-refractivity contribution in [2.24, 2.45) is 5.92 Å². The quantitative estimate of drug-likeness (QED) is 0.509. The van der Waals surface area contributed by atoms with Crippen LogP contribution in [0.1, 0.15) is 30.7 Å². The number of aryl methyl sites for hydroxylation is 1. The van der Waals surface area contributed by atoms with Crippen molar-refractivity contribution in [3.05, 3.63) is 89.5 Å². The second-order valence-corrected chi connectivity index (χ2v) is 8.19. The lowest BCUT2D eigenvalue weighted by Gasteiger charge is -2.14. The normalized spacial score (nSPS) is 13.9. The minimum atomic E-state index is -0.384. The Morgan fingerprint density at radius 2 is 1.72 bits per heavy atom. The summed E-state index contributed by atoms with van der Waals surface area (Å²) < 4.78 is 11.1. The van der Waals surface area contributed by atoms with Crippen LogP contribution in [-0.2, 0) is 16.1 Å². The Morgan fingerprint density at radius 3 is 2.38 bits per heavy atom. The first kappa shape index (κ1) is 21.4. The molecule has 6 nitrogen and oxygen atoms in total. The van der Waals surface area contributed by atoms with E-state index in [1.165, 1.54) is 11.2 Å². The van der Waals surface area contributed by atoms with Gasteiger partial charge in [-0.05, 0) is 54.3 Å². The molecule has 2 amide bonds. The number of amides is 2.